The van der Waals surface area contributed by atoms with Crippen molar-refractivity contribution in [1.82, 2.24) is 5.43 Å². The number of nitrogens with two attached hydrogens (primary N) is 1. The molecule has 1 rings (SSSR count). The molecule has 0 saturated carbocycles. The van der Waals surface area contributed by atoms with Gasteiger partial charge in [0.1, 0.15) is 5.75 Å². The van der Waals surface area contributed by atoms with Crippen LogP contribution in [0, 0.1) is 0 Å². The topological polar surface area (TPSA) is 56.5 Å². The highest BCUT2D eigenvalue weighted by molar-refractivity contribution is 9.10. The van der Waals surface area contributed by atoms with E-state index in [4.69, 9.17) is 15.3 Å². The van der Waals surface area contributed by atoms with Crippen LogP contribution in [0.2, 0.25) is 0 Å². The molecule has 0 spiro atoms. The quantitative estimate of drug-likeness (QED) is 0.622. The largest absolute Gasteiger partial charge is 0.497 e. The second-order valence-electron chi connectivity index (χ2n) is 3.88. The van der Waals surface area contributed by atoms with Crippen LogP contribution in [0.5, 0.6) is 5.75 Å². The zero-order valence-corrected chi connectivity index (χ0v) is 12.0. The summed E-state index contributed by atoms with van der Waals surface area (Å²) in [5.74, 6) is 6.38. The molecule has 0 aromatic heterocycles. The standard InChI is InChI=1S/C12H19BrN2O2/c1-8(16-2)12(15-14)7-9-6-10(17-3)4-5-11(9)13/h4-6,8,12,15H,7,14H2,1-3H3. The van der Waals surface area contributed by atoms with E-state index in [0.29, 0.717) is 0 Å². The Morgan fingerprint density at radius 3 is 2.65 bits per heavy atom. The summed E-state index contributed by atoms with van der Waals surface area (Å²) < 4.78 is 11.5. The Morgan fingerprint density at radius 1 is 1.41 bits per heavy atom. The Balaban J connectivity index is 2.84. The molecule has 1 aromatic carbocycles. The summed E-state index contributed by atoms with van der Waals surface area (Å²) in [7, 11) is 3.33. The Kier molecular flexibility index (Phi) is 5.91. The summed E-state index contributed by atoms with van der Waals surface area (Å²) in [6, 6.07) is 5.94. The minimum Gasteiger partial charge on any atom is -0.497 e. The van der Waals surface area contributed by atoms with E-state index in [1.165, 1.54) is 0 Å². The summed E-state index contributed by atoms with van der Waals surface area (Å²) in [4.78, 5) is 0. The molecule has 0 amide bonds. The third-order valence-electron chi connectivity index (χ3n) is 2.85. The van der Waals surface area contributed by atoms with Crippen LogP contribution in [-0.2, 0) is 11.2 Å². The minimum absolute atomic E-state index is 0.0399. The molecular formula is C12H19BrN2O2. The van der Waals surface area contributed by atoms with Gasteiger partial charge in [0.05, 0.1) is 19.3 Å². The molecule has 17 heavy (non-hydrogen) atoms. The molecule has 96 valence electrons. The van der Waals surface area contributed by atoms with Gasteiger partial charge >= 0.3 is 0 Å². The summed E-state index contributed by atoms with van der Waals surface area (Å²) >= 11 is 3.52. The van der Waals surface area contributed by atoms with Gasteiger partial charge in [-0.25, -0.2) is 0 Å². The van der Waals surface area contributed by atoms with Crippen molar-refractivity contribution in [3.63, 3.8) is 0 Å². The van der Waals surface area contributed by atoms with Crippen molar-refractivity contribution in [3.8, 4) is 5.75 Å². The number of benzene rings is 1. The Labute approximate surface area is 111 Å². The van der Waals surface area contributed by atoms with Gasteiger partial charge in [-0.3, -0.25) is 11.3 Å². The number of rotatable bonds is 6. The van der Waals surface area contributed by atoms with Crippen LogP contribution >= 0.6 is 15.9 Å². The van der Waals surface area contributed by atoms with Crippen molar-refractivity contribution >= 4 is 15.9 Å². The van der Waals surface area contributed by atoms with Gasteiger partial charge < -0.3 is 9.47 Å². The summed E-state index contributed by atoms with van der Waals surface area (Å²) in [5, 5.41) is 0. The molecule has 0 fully saturated rings. The van der Waals surface area contributed by atoms with E-state index in [1.54, 1.807) is 14.2 Å². The highest BCUT2D eigenvalue weighted by Crippen LogP contribution is 2.24. The smallest absolute Gasteiger partial charge is 0.119 e. The lowest BCUT2D eigenvalue weighted by molar-refractivity contribution is 0.0831. The number of methoxy groups -OCH3 is 2. The van der Waals surface area contributed by atoms with E-state index in [0.717, 1.165) is 22.2 Å². The molecule has 2 unspecified atom stereocenters. The van der Waals surface area contributed by atoms with E-state index in [9.17, 15) is 0 Å². The molecule has 0 radical (unpaired) electrons. The zero-order chi connectivity index (χ0) is 12.8. The van der Waals surface area contributed by atoms with E-state index in [1.807, 2.05) is 25.1 Å². The third-order valence-corrected chi connectivity index (χ3v) is 3.62. The maximum atomic E-state index is 5.54. The molecular weight excluding hydrogens is 284 g/mol. The molecule has 0 aliphatic heterocycles. The number of hydrogen-bond acceptors (Lipinski definition) is 4. The lowest BCUT2D eigenvalue weighted by Crippen LogP contribution is -2.45. The van der Waals surface area contributed by atoms with Crippen LogP contribution in [0.25, 0.3) is 0 Å². The van der Waals surface area contributed by atoms with Gasteiger partial charge in [0.15, 0.2) is 0 Å². The Hall–Kier alpha value is -0.620. The molecule has 2 atom stereocenters. The fraction of sp³-hybridized carbons (Fsp3) is 0.500. The number of hydrazine groups is 1. The first-order valence-electron chi connectivity index (χ1n) is 5.43. The molecule has 0 heterocycles. The van der Waals surface area contributed by atoms with E-state index in [2.05, 4.69) is 21.4 Å². The minimum atomic E-state index is 0.0399. The maximum Gasteiger partial charge on any atom is 0.119 e. The first kappa shape index (κ1) is 14.4. The molecule has 3 N–H and O–H groups in total. The first-order valence-corrected chi connectivity index (χ1v) is 6.23. The van der Waals surface area contributed by atoms with Gasteiger partial charge in [-0.1, -0.05) is 15.9 Å². The van der Waals surface area contributed by atoms with E-state index in [-0.39, 0.29) is 12.1 Å². The average molecular weight is 303 g/mol. The van der Waals surface area contributed by atoms with Crippen molar-refractivity contribution in [1.29, 1.82) is 0 Å². The van der Waals surface area contributed by atoms with Crippen molar-refractivity contribution in [2.45, 2.75) is 25.5 Å². The first-order chi connectivity index (χ1) is 8.12. The van der Waals surface area contributed by atoms with Gasteiger partial charge in [-0.05, 0) is 37.1 Å². The van der Waals surface area contributed by atoms with Gasteiger partial charge in [0.2, 0.25) is 0 Å². The summed E-state index contributed by atoms with van der Waals surface area (Å²) in [6.07, 6.45) is 0.807. The van der Waals surface area contributed by atoms with Crippen molar-refractivity contribution in [2.75, 3.05) is 14.2 Å². The van der Waals surface area contributed by atoms with Gasteiger partial charge in [-0.15, -0.1) is 0 Å². The van der Waals surface area contributed by atoms with Crippen molar-refractivity contribution in [3.05, 3.63) is 28.2 Å². The molecule has 0 aliphatic carbocycles. The van der Waals surface area contributed by atoms with Gasteiger partial charge in [-0.2, -0.15) is 0 Å². The second-order valence-corrected chi connectivity index (χ2v) is 4.73. The third kappa shape index (κ3) is 3.96. The Bertz CT molecular complexity index is 360. The molecule has 0 saturated heterocycles. The molecule has 1 aromatic rings. The van der Waals surface area contributed by atoms with Gasteiger partial charge in [0.25, 0.3) is 0 Å². The lowest BCUT2D eigenvalue weighted by Gasteiger charge is -2.22. The number of hydrogen-bond donors (Lipinski definition) is 2. The molecule has 0 bridgehead atoms. The Morgan fingerprint density at radius 2 is 2.12 bits per heavy atom. The SMILES string of the molecule is COc1ccc(Br)c(CC(NN)C(C)OC)c1. The predicted molar refractivity (Wildman–Crippen MR) is 72.0 cm³/mol. The normalized spacial score (nSPS) is 14.4. The average Bonchev–Trinajstić information content (AvgIpc) is 2.36. The van der Waals surface area contributed by atoms with Crippen LogP contribution in [0.1, 0.15) is 12.5 Å². The maximum absolute atomic E-state index is 5.54. The highest BCUT2D eigenvalue weighted by Gasteiger charge is 2.17. The van der Waals surface area contributed by atoms with Gasteiger partial charge in [0, 0.05) is 11.6 Å². The lowest BCUT2D eigenvalue weighted by atomic mass is 10.0. The van der Waals surface area contributed by atoms with Crippen LogP contribution in [0.4, 0.5) is 0 Å². The van der Waals surface area contributed by atoms with E-state index < -0.39 is 0 Å². The van der Waals surface area contributed by atoms with E-state index >= 15 is 0 Å². The van der Waals surface area contributed by atoms with Crippen LogP contribution in [-0.4, -0.2) is 26.4 Å². The van der Waals surface area contributed by atoms with Crippen molar-refractivity contribution < 1.29 is 9.47 Å². The van der Waals surface area contributed by atoms with Crippen LogP contribution in [0.3, 0.4) is 0 Å². The monoisotopic (exact) mass is 302 g/mol. The van der Waals surface area contributed by atoms with Crippen LogP contribution < -0.4 is 16.0 Å². The summed E-state index contributed by atoms with van der Waals surface area (Å²) in [5.41, 5.74) is 3.91. The number of ether oxygens (including phenoxy) is 2. The fourth-order valence-electron chi connectivity index (χ4n) is 1.60. The summed E-state index contributed by atoms with van der Waals surface area (Å²) in [6.45, 7) is 1.98. The highest BCUT2D eigenvalue weighted by atomic mass is 79.9. The number of halogens is 1. The molecule has 0 aliphatic rings. The predicted octanol–water partition coefficient (Wildman–Crippen LogP) is 1.87. The van der Waals surface area contributed by atoms with Crippen LogP contribution in [0.15, 0.2) is 22.7 Å². The number of nitrogens with one attached hydrogen (secondary N) is 1. The molecule has 4 nitrogen and oxygen atoms in total. The zero-order valence-electron chi connectivity index (χ0n) is 10.4. The second kappa shape index (κ2) is 6.96. The fourth-order valence-corrected chi connectivity index (χ4v) is 2.00. The molecule has 5 heteroatoms. The van der Waals surface area contributed by atoms with Crippen molar-refractivity contribution in [2.24, 2.45) is 5.84 Å².